The van der Waals surface area contributed by atoms with E-state index in [2.05, 4.69) is 33.1 Å². The molecule has 0 saturated heterocycles. The van der Waals surface area contributed by atoms with Gasteiger partial charge in [0.05, 0.1) is 13.2 Å². The van der Waals surface area contributed by atoms with Crippen LogP contribution >= 0.6 is 24.0 Å². The van der Waals surface area contributed by atoms with Crippen LogP contribution in [0, 0.1) is 6.92 Å². The molecular weight excluding hydrogens is 519 g/mol. The monoisotopic (exact) mass is 554 g/mol. The summed E-state index contributed by atoms with van der Waals surface area (Å²) in [6.07, 6.45) is 0. The molecule has 0 unspecified atom stereocenters. The van der Waals surface area contributed by atoms with Crippen LogP contribution in [-0.2, 0) is 17.8 Å². The zero-order valence-electron chi connectivity index (χ0n) is 19.4. The van der Waals surface area contributed by atoms with Crippen LogP contribution in [0.1, 0.15) is 40.9 Å². The number of amides is 1. The third kappa shape index (κ3) is 9.44. The van der Waals surface area contributed by atoms with Gasteiger partial charge in [-0.15, -0.1) is 24.0 Å². The minimum absolute atomic E-state index is 0. The molecule has 0 fully saturated rings. The standard InChI is InChI=1S/C24H34N4O3.HI/c1-5-26-24(27-16-19-8-7-9-20(15-19)23(29)25-4)28-17-21-11-10-18(3)14-22(21)31-13-12-30-6-2;/h7-11,14-15H,5-6,12-13,16-17H2,1-4H3,(H,25,29)(H2,26,27,28);1H. The van der Waals surface area contributed by atoms with Crippen LogP contribution in [0.4, 0.5) is 0 Å². The van der Waals surface area contributed by atoms with Crippen LogP contribution < -0.4 is 20.7 Å². The highest BCUT2D eigenvalue weighted by molar-refractivity contribution is 14.0. The van der Waals surface area contributed by atoms with Gasteiger partial charge in [-0.3, -0.25) is 4.79 Å². The molecule has 0 atom stereocenters. The number of guanidine groups is 1. The maximum atomic E-state index is 11.8. The van der Waals surface area contributed by atoms with Crippen molar-refractivity contribution in [3.05, 3.63) is 64.7 Å². The Kier molecular flexibility index (Phi) is 13.4. The summed E-state index contributed by atoms with van der Waals surface area (Å²) in [7, 11) is 1.63. The Bertz CT molecular complexity index is 874. The fourth-order valence-corrected chi connectivity index (χ4v) is 2.94. The highest BCUT2D eigenvalue weighted by Crippen LogP contribution is 2.20. The van der Waals surface area contributed by atoms with Crippen molar-refractivity contribution < 1.29 is 14.3 Å². The molecule has 3 N–H and O–H groups in total. The molecule has 0 spiro atoms. The fraction of sp³-hybridized carbons (Fsp3) is 0.417. The smallest absolute Gasteiger partial charge is 0.251 e. The third-order valence-electron chi connectivity index (χ3n) is 4.54. The third-order valence-corrected chi connectivity index (χ3v) is 4.54. The molecule has 8 heteroatoms. The first kappa shape index (κ1) is 27.7. The van der Waals surface area contributed by atoms with Gasteiger partial charge in [-0.25, -0.2) is 4.99 Å². The molecule has 0 saturated carbocycles. The van der Waals surface area contributed by atoms with Gasteiger partial charge in [0.25, 0.3) is 5.91 Å². The lowest BCUT2D eigenvalue weighted by atomic mass is 10.1. The molecule has 1 amide bonds. The zero-order valence-corrected chi connectivity index (χ0v) is 21.7. The van der Waals surface area contributed by atoms with Crippen molar-refractivity contribution in [1.29, 1.82) is 0 Å². The van der Waals surface area contributed by atoms with Gasteiger partial charge in [0, 0.05) is 37.9 Å². The summed E-state index contributed by atoms with van der Waals surface area (Å²) in [5.74, 6) is 1.45. The molecule has 0 heterocycles. The number of carbonyl (C=O) groups is 1. The number of nitrogens with one attached hydrogen (secondary N) is 3. The van der Waals surface area contributed by atoms with Gasteiger partial charge in [-0.2, -0.15) is 0 Å². The van der Waals surface area contributed by atoms with Gasteiger partial charge in [0.2, 0.25) is 0 Å². The van der Waals surface area contributed by atoms with E-state index in [0.717, 1.165) is 29.0 Å². The Labute approximate surface area is 208 Å². The maximum absolute atomic E-state index is 11.8. The Morgan fingerprint density at radius 3 is 2.59 bits per heavy atom. The average molecular weight is 554 g/mol. The fourth-order valence-electron chi connectivity index (χ4n) is 2.94. The zero-order chi connectivity index (χ0) is 22.5. The predicted octanol–water partition coefficient (Wildman–Crippen LogP) is 3.64. The molecule has 0 aromatic heterocycles. The van der Waals surface area contributed by atoms with Gasteiger partial charge in [-0.05, 0) is 50.1 Å². The molecule has 32 heavy (non-hydrogen) atoms. The second-order valence-electron chi connectivity index (χ2n) is 6.98. The lowest BCUT2D eigenvalue weighted by Gasteiger charge is -2.15. The number of benzene rings is 2. The number of nitrogens with zero attached hydrogens (tertiary/aromatic N) is 1. The Morgan fingerprint density at radius 1 is 1.06 bits per heavy atom. The molecule has 7 nitrogen and oxygen atoms in total. The van der Waals surface area contributed by atoms with Crippen molar-refractivity contribution in [2.75, 3.05) is 33.4 Å². The van der Waals surface area contributed by atoms with Gasteiger partial charge >= 0.3 is 0 Å². The molecular formula is C24H35IN4O3. The first-order valence-corrected chi connectivity index (χ1v) is 10.7. The predicted molar refractivity (Wildman–Crippen MR) is 140 cm³/mol. The number of aryl methyl sites for hydroxylation is 1. The summed E-state index contributed by atoms with van der Waals surface area (Å²) in [4.78, 5) is 16.5. The van der Waals surface area contributed by atoms with Crippen molar-refractivity contribution in [3.63, 3.8) is 0 Å². The van der Waals surface area contributed by atoms with E-state index in [1.165, 1.54) is 0 Å². The molecule has 0 radical (unpaired) electrons. The highest BCUT2D eigenvalue weighted by atomic mass is 127. The van der Waals surface area contributed by atoms with Crippen molar-refractivity contribution >= 4 is 35.8 Å². The summed E-state index contributed by atoms with van der Waals surface area (Å²) < 4.78 is 11.3. The van der Waals surface area contributed by atoms with Crippen molar-refractivity contribution in [2.24, 2.45) is 4.99 Å². The summed E-state index contributed by atoms with van der Waals surface area (Å²) >= 11 is 0. The molecule has 176 valence electrons. The first-order chi connectivity index (χ1) is 15.1. The van der Waals surface area contributed by atoms with E-state index in [9.17, 15) is 4.79 Å². The molecule has 0 bridgehead atoms. The van der Waals surface area contributed by atoms with Crippen LogP contribution in [0.25, 0.3) is 0 Å². The van der Waals surface area contributed by atoms with E-state index in [1.54, 1.807) is 13.1 Å². The van der Waals surface area contributed by atoms with Crippen LogP contribution in [0.15, 0.2) is 47.5 Å². The Morgan fingerprint density at radius 2 is 1.88 bits per heavy atom. The van der Waals surface area contributed by atoms with E-state index >= 15 is 0 Å². The number of carbonyl (C=O) groups excluding carboxylic acids is 1. The summed E-state index contributed by atoms with van der Waals surface area (Å²) in [5.41, 5.74) is 3.79. The highest BCUT2D eigenvalue weighted by Gasteiger charge is 2.07. The minimum atomic E-state index is -0.105. The lowest BCUT2D eigenvalue weighted by molar-refractivity contribution is 0.0963. The first-order valence-electron chi connectivity index (χ1n) is 10.7. The summed E-state index contributed by atoms with van der Waals surface area (Å²) in [5, 5.41) is 9.27. The van der Waals surface area contributed by atoms with Crippen molar-refractivity contribution in [1.82, 2.24) is 16.0 Å². The molecule has 0 aliphatic carbocycles. The summed E-state index contributed by atoms with van der Waals surface area (Å²) in [6.45, 7) is 9.59. The van der Waals surface area contributed by atoms with Gasteiger partial charge in [0.1, 0.15) is 12.4 Å². The molecule has 0 aliphatic rings. The summed E-state index contributed by atoms with van der Waals surface area (Å²) in [6, 6.07) is 13.7. The second-order valence-corrected chi connectivity index (χ2v) is 6.98. The average Bonchev–Trinajstić information content (AvgIpc) is 2.79. The van der Waals surface area contributed by atoms with Crippen LogP contribution in [0.2, 0.25) is 0 Å². The Hall–Kier alpha value is -2.33. The number of ether oxygens (including phenoxy) is 2. The number of halogens is 1. The van der Waals surface area contributed by atoms with Gasteiger partial charge in [0.15, 0.2) is 5.96 Å². The SMILES string of the molecule is CCNC(=NCc1cccc(C(=O)NC)c1)NCc1ccc(C)cc1OCCOCC.I. The number of hydrogen-bond acceptors (Lipinski definition) is 4. The van der Waals surface area contributed by atoms with Crippen LogP contribution in [-0.4, -0.2) is 45.3 Å². The van der Waals surface area contributed by atoms with E-state index in [-0.39, 0.29) is 29.9 Å². The maximum Gasteiger partial charge on any atom is 0.251 e. The van der Waals surface area contributed by atoms with Crippen molar-refractivity contribution in [2.45, 2.75) is 33.9 Å². The topological polar surface area (TPSA) is 84.0 Å². The normalized spacial score (nSPS) is 10.8. The van der Waals surface area contributed by atoms with Gasteiger partial charge in [-0.1, -0.05) is 24.3 Å². The van der Waals surface area contributed by atoms with E-state index in [1.807, 2.05) is 45.0 Å². The largest absolute Gasteiger partial charge is 0.491 e. The second kappa shape index (κ2) is 15.5. The quantitative estimate of drug-likeness (QED) is 0.171. The molecule has 2 aromatic carbocycles. The van der Waals surface area contributed by atoms with E-state index in [0.29, 0.717) is 44.4 Å². The van der Waals surface area contributed by atoms with Gasteiger partial charge < -0.3 is 25.4 Å². The van der Waals surface area contributed by atoms with E-state index in [4.69, 9.17) is 9.47 Å². The molecule has 0 aliphatic heterocycles. The van der Waals surface area contributed by atoms with Crippen LogP contribution in [0.3, 0.4) is 0 Å². The van der Waals surface area contributed by atoms with Crippen LogP contribution in [0.5, 0.6) is 5.75 Å². The van der Waals surface area contributed by atoms with Crippen molar-refractivity contribution in [3.8, 4) is 5.75 Å². The lowest BCUT2D eigenvalue weighted by Crippen LogP contribution is -2.36. The molecule has 2 aromatic rings. The Balaban J connectivity index is 0.00000512. The number of aliphatic imine (C=N–C) groups is 1. The molecule has 2 rings (SSSR count). The van der Waals surface area contributed by atoms with E-state index < -0.39 is 0 Å². The minimum Gasteiger partial charge on any atom is -0.491 e. The number of rotatable bonds is 11. The number of hydrogen-bond donors (Lipinski definition) is 3.